The number of phenols is 3. The van der Waals surface area contributed by atoms with Crippen LogP contribution < -0.4 is 17.2 Å². The van der Waals surface area contributed by atoms with Crippen molar-refractivity contribution in [2.45, 2.75) is 17.7 Å². The van der Waals surface area contributed by atoms with Crippen molar-refractivity contribution in [2.24, 2.45) is 31.9 Å². The van der Waals surface area contributed by atoms with E-state index in [0.29, 0.717) is 5.70 Å². The zero-order chi connectivity index (χ0) is 30.7. The number of fused-ring (bicyclic) bond motifs is 1. The molecule has 4 rings (SSSR count). The molecule has 16 heteroatoms. The second-order valence-corrected chi connectivity index (χ2v) is 13.5. The first-order valence-corrected chi connectivity index (χ1v) is 15.9. The number of rotatable bonds is 10. The third kappa shape index (κ3) is 6.41. The van der Waals surface area contributed by atoms with Gasteiger partial charge in [-0.05, 0) is 66.8 Å². The van der Waals surface area contributed by atoms with Crippen LogP contribution in [0, 0.1) is 0 Å². The van der Waals surface area contributed by atoms with Gasteiger partial charge in [-0.1, -0.05) is 0 Å². The van der Waals surface area contributed by atoms with Crippen molar-refractivity contribution in [3.8, 4) is 17.2 Å². The van der Waals surface area contributed by atoms with Gasteiger partial charge in [0.2, 0.25) is 0 Å². The summed E-state index contributed by atoms with van der Waals surface area (Å²) in [6.45, 7) is -0.00821. The van der Waals surface area contributed by atoms with Gasteiger partial charge in [-0.15, -0.1) is 10.2 Å². The van der Waals surface area contributed by atoms with Gasteiger partial charge in [-0.25, -0.2) is 16.8 Å². The fraction of sp³-hybridized carbons (Fsp3) is 0.231. The maximum absolute atomic E-state index is 12.2. The Labute approximate surface area is 241 Å². The van der Waals surface area contributed by atoms with E-state index in [1.165, 1.54) is 48.6 Å². The molecule has 3 aromatic carbocycles. The number of nitrogen functional groups attached to an aromatic ring is 1. The standard InChI is InChI=1S/C26H29N7O7S2/c27-9-11-41(37,38)18-5-1-16(2-6-18)30-32-24-20(34)13-15-14-21(35)25(26(36)22(15)23(24)29)33-31-17-3-7-19(8-4-17)42(39,40)12-10-28/h1,3-5,7-8,13-14,34-36H,2,6,9-12,27-29H2/b32-30+,33-31+. The van der Waals surface area contributed by atoms with Gasteiger partial charge < -0.3 is 32.5 Å². The van der Waals surface area contributed by atoms with Crippen LogP contribution in [0.25, 0.3) is 10.8 Å². The summed E-state index contributed by atoms with van der Waals surface area (Å²) in [5.74, 6) is -1.74. The molecule has 0 amide bonds. The monoisotopic (exact) mass is 615 g/mol. The van der Waals surface area contributed by atoms with Crippen LogP contribution in [0.15, 0.2) is 84.5 Å². The Morgan fingerprint density at radius 2 is 1.33 bits per heavy atom. The average Bonchev–Trinajstić information content (AvgIpc) is 2.93. The number of sulfone groups is 2. The summed E-state index contributed by atoms with van der Waals surface area (Å²) in [5.41, 5.74) is 17.0. The summed E-state index contributed by atoms with van der Waals surface area (Å²) in [6, 6.07) is 7.94. The van der Waals surface area contributed by atoms with E-state index in [1.54, 1.807) is 0 Å². The molecular weight excluding hydrogens is 586 g/mol. The minimum atomic E-state index is -3.53. The van der Waals surface area contributed by atoms with Gasteiger partial charge in [0.25, 0.3) is 0 Å². The zero-order valence-corrected chi connectivity index (χ0v) is 23.8. The van der Waals surface area contributed by atoms with E-state index >= 15 is 0 Å². The largest absolute Gasteiger partial charge is 0.506 e. The molecule has 1 aliphatic carbocycles. The average molecular weight is 616 g/mol. The predicted molar refractivity (Wildman–Crippen MR) is 158 cm³/mol. The SMILES string of the molecule is NCCS(=O)(=O)C1=CC=C(/N=N/c2c(O)cc3cc(O)c(/N=N/c4ccc(S(=O)(=O)CCN)cc4)c(O)c3c2N)CC1. The van der Waals surface area contributed by atoms with Crippen LogP contribution in [0.3, 0.4) is 0 Å². The van der Waals surface area contributed by atoms with Crippen molar-refractivity contribution < 1.29 is 32.2 Å². The molecule has 14 nitrogen and oxygen atoms in total. The molecule has 9 N–H and O–H groups in total. The molecule has 0 atom stereocenters. The molecule has 3 aromatic rings. The van der Waals surface area contributed by atoms with Crippen molar-refractivity contribution in [3.63, 3.8) is 0 Å². The Kier molecular flexibility index (Phi) is 8.91. The minimum absolute atomic E-state index is 0.0132. The molecule has 0 spiro atoms. The molecule has 0 saturated carbocycles. The van der Waals surface area contributed by atoms with Crippen molar-refractivity contribution in [3.05, 3.63) is 59.2 Å². The van der Waals surface area contributed by atoms with Crippen LogP contribution in [-0.2, 0) is 19.7 Å². The summed E-state index contributed by atoms with van der Waals surface area (Å²) >= 11 is 0. The number of azo groups is 2. The first-order chi connectivity index (χ1) is 19.9. The molecule has 42 heavy (non-hydrogen) atoms. The minimum Gasteiger partial charge on any atom is -0.506 e. The topological polar surface area (TPSA) is 256 Å². The molecule has 0 fully saturated rings. The number of phenolic OH excluding ortho intramolecular Hbond substituents is 3. The number of allylic oxidation sites excluding steroid dienone is 4. The van der Waals surface area contributed by atoms with Gasteiger partial charge >= 0.3 is 0 Å². The Balaban J connectivity index is 1.66. The highest BCUT2D eigenvalue weighted by Gasteiger charge is 2.21. The second-order valence-electron chi connectivity index (χ2n) is 9.25. The molecule has 222 valence electrons. The van der Waals surface area contributed by atoms with Gasteiger partial charge in [0.1, 0.15) is 11.5 Å². The van der Waals surface area contributed by atoms with Gasteiger partial charge in [0.15, 0.2) is 36.8 Å². The van der Waals surface area contributed by atoms with Crippen molar-refractivity contribution in [1.29, 1.82) is 0 Å². The van der Waals surface area contributed by atoms with Crippen LogP contribution in [0.1, 0.15) is 12.8 Å². The number of hydrogen-bond donors (Lipinski definition) is 6. The van der Waals surface area contributed by atoms with E-state index in [0.717, 1.165) is 0 Å². The van der Waals surface area contributed by atoms with E-state index < -0.39 is 31.2 Å². The predicted octanol–water partition coefficient (Wildman–Crippen LogP) is 3.71. The van der Waals surface area contributed by atoms with Crippen LogP contribution in [-0.4, -0.2) is 56.8 Å². The highest BCUT2D eigenvalue weighted by atomic mass is 32.2. The number of benzene rings is 3. The van der Waals surface area contributed by atoms with E-state index in [9.17, 15) is 32.2 Å². The number of anilines is 1. The van der Waals surface area contributed by atoms with Crippen molar-refractivity contribution >= 4 is 53.2 Å². The normalized spacial score (nSPS) is 14.5. The summed E-state index contributed by atoms with van der Waals surface area (Å²) in [7, 11) is -6.97. The molecule has 1 aliphatic rings. The molecule has 0 radical (unpaired) electrons. The van der Waals surface area contributed by atoms with E-state index in [2.05, 4.69) is 20.5 Å². The number of nitrogens with two attached hydrogens (primary N) is 3. The first-order valence-electron chi connectivity index (χ1n) is 12.6. The molecule has 0 aromatic heterocycles. The molecule has 0 heterocycles. The van der Waals surface area contributed by atoms with Crippen molar-refractivity contribution in [2.75, 3.05) is 30.3 Å². The lowest BCUT2D eigenvalue weighted by atomic mass is 10.0. The molecule has 0 unspecified atom stereocenters. The fourth-order valence-corrected chi connectivity index (χ4v) is 6.55. The third-order valence-electron chi connectivity index (χ3n) is 6.35. The van der Waals surface area contributed by atoms with Crippen LogP contribution in [0.2, 0.25) is 0 Å². The Bertz CT molecular complexity index is 1870. The van der Waals surface area contributed by atoms with Crippen molar-refractivity contribution in [1.82, 2.24) is 0 Å². The number of hydrogen-bond acceptors (Lipinski definition) is 14. The maximum atomic E-state index is 12.2. The summed E-state index contributed by atoms with van der Waals surface area (Å²) in [6.07, 6.45) is 3.42. The highest BCUT2D eigenvalue weighted by molar-refractivity contribution is 7.95. The van der Waals surface area contributed by atoms with Crippen LogP contribution >= 0.6 is 0 Å². The lowest BCUT2D eigenvalue weighted by molar-refractivity contribution is 0.457. The molecular formula is C26H29N7O7S2. The highest BCUT2D eigenvalue weighted by Crippen LogP contribution is 2.50. The van der Waals surface area contributed by atoms with E-state index in [1.807, 2.05) is 0 Å². The molecule has 0 bridgehead atoms. The third-order valence-corrected chi connectivity index (χ3v) is 10.0. The summed E-state index contributed by atoms with van der Waals surface area (Å²) in [4.78, 5) is 0.314. The van der Waals surface area contributed by atoms with Gasteiger partial charge in [0.05, 0.1) is 38.9 Å². The van der Waals surface area contributed by atoms with E-state index in [-0.39, 0.29) is 86.5 Å². The Morgan fingerprint density at radius 1 is 0.738 bits per heavy atom. The first kappa shape index (κ1) is 30.6. The second kappa shape index (κ2) is 12.2. The number of nitrogens with zero attached hydrogens (tertiary/aromatic N) is 4. The van der Waals surface area contributed by atoms with Gasteiger partial charge in [-0.2, -0.15) is 10.2 Å². The quantitative estimate of drug-likeness (QED) is 0.142. The summed E-state index contributed by atoms with van der Waals surface area (Å²) < 4.78 is 48.7. The molecule has 0 aliphatic heterocycles. The van der Waals surface area contributed by atoms with Gasteiger partial charge in [0, 0.05) is 18.0 Å². The fourth-order valence-electron chi connectivity index (χ4n) is 4.19. The zero-order valence-electron chi connectivity index (χ0n) is 22.2. The van der Waals surface area contributed by atoms with E-state index in [4.69, 9.17) is 17.2 Å². The molecule has 0 saturated heterocycles. The smallest absolute Gasteiger partial charge is 0.179 e. The lowest BCUT2D eigenvalue weighted by Gasteiger charge is -2.13. The van der Waals surface area contributed by atoms with Gasteiger partial charge in [-0.3, -0.25) is 0 Å². The number of aromatic hydroxyl groups is 3. The van der Waals surface area contributed by atoms with Crippen LogP contribution in [0.5, 0.6) is 17.2 Å². The Morgan fingerprint density at radius 3 is 1.93 bits per heavy atom. The lowest BCUT2D eigenvalue weighted by Crippen LogP contribution is -2.18. The summed E-state index contributed by atoms with van der Waals surface area (Å²) in [5, 5.41) is 48.2. The van der Waals surface area contributed by atoms with Crippen LogP contribution in [0.4, 0.5) is 22.7 Å². The maximum Gasteiger partial charge on any atom is 0.179 e. The Hall–Kier alpha value is -4.38.